The van der Waals surface area contributed by atoms with Crippen molar-refractivity contribution in [3.05, 3.63) is 0 Å². The van der Waals surface area contributed by atoms with Crippen molar-refractivity contribution in [1.82, 2.24) is 5.32 Å². The van der Waals surface area contributed by atoms with Crippen molar-refractivity contribution < 1.29 is 9.53 Å². The van der Waals surface area contributed by atoms with Gasteiger partial charge in [-0.2, -0.15) is 12.6 Å². The van der Waals surface area contributed by atoms with Gasteiger partial charge in [-0.05, 0) is 26.2 Å². The van der Waals surface area contributed by atoms with Gasteiger partial charge in [0, 0.05) is 0 Å². The Hall–Kier alpha value is -0.220. The summed E-state index contributed by atoms with van der Waals surface area (Å²) in [6.45, 7) is 1.78. The lowest BCUT2D eigenvalue weighted by atomic mass is 9.95. The smallest absolute Gasteiger partial charge is 0.232 e. The van der Waals surface area contributed by atoms with Gasteiger partial charge in [-0.15, -0.1) is 0 Å². The summed E-state index contributed by atoms with van der Waals surface area (Å²) in [4.78, 5) is 11.3. The van der Waals surface area contributed by atoms with Gasteiger partial charge < -0.3 is 10.1 Å². The molecule has 0 aliphatic carbocycles. The van der Waals surface area contributed by atoms with Crippen LogP contribution in [0.4, 0.5) is 0 Å². The van der Waals surface area contributed by atoms with Crippen molar-refractivity contribution in [2.24, 2.45) is 0 Å². The van der Waals surface area contributed by atoms with Gasteiger partial charge in [-0.1, -0.05) is 0 Å². The zero-order valence-corrected chi connectivity index (χ0v) is 8.59. The molecule has 2 fully saturated rings. The third kappa shape index (κ3) is 1.83. The Kier molecular flexibility index (Phi) is 2.51. The Morgan fingerprint density at radius 1 is 1.62 bits per heavy atom. The van der Waals surface area contributed by atoms with Crippen LogP contribution in [0.15, 0.2) is 0 Å². The van der Waals surface area contributed by atoms with Crippen molar-refractivity contribution >= 4 is 18.5 Å². The third-order valence-electron chi connectivity index (χ3n) is 2.81. The summed E-state index contributed by atoms with van der Waals surface area (Å²) in [5.74, 6) is 0.0180. The molecule has 2 aliphatic heterocycles. The number of hydrogen-bond donors (Lipinski definition) is 2. The summed E-state index contributed by atoms with van der Waals surface area (Å²) in [5, 5.41) is 2.75. The first-order valence-electron chi connectivity index (χ1n) is 4.80. The molecule has 0 spiro atoms. The van der Waals surface area contributed by atoms with Crippen LogP contribution in [0.1, 0.15) is 26.2 Å². The second-order valence-corrected chi connectivity index (χ2v) is 4.68. The van der Waals surface area contributed by atoms with Crippen LogP contribution < -0.4 is 5.32 Å². The Morgan fingerprint density at radius 2 is 2.38 bits per heavy atom. The number of fused-ring (bicyclic) bond motifs is 2. The van der Waals surface area contributed by atoms with E-state index in [4.69, 9.17) is 4.74 Å². The van der Waals surface area contributed by atoms with Crippen molar-refractivity contribution in [3.63, 3.8) is 0 Å². The standard InChI is InChI=1S/C9H15NO2S/c1-5(13)9(11)10-7-4-6-2-3-8(7)12-6/h5-8,13H,2-4H2,1H3,(H,10,11). The summed E-state index contributed by atoms with van der Waals surface area (Å²) < 4.78 is 5.63. The van der Waals surface area contributed by atoms with Crippen molar-refractivity contribution in [3.8, 4) is 0 Å². The second kappa shape index (κ2) is 3.50. The van der Waals surface area contributed by atoms with Gasteiger partial charge in [0.15, 0.2) is 0 Å². The molecule has 2 rings (SSSR count). The topological polar surface area (TPSA) is 38.3 Å². The van der Waals surface area contributed by atoms with E-state index in [9.17, 15) is 4.79 Å². The van der Waals surface area contributed by atoms with E-state index in [2.05, 4.69) is 17.9 Å². The van der Waals surface area contributed by atoms with Crippen LogP contribution in [-0.2, 0) is 9.53 Å². The molecule has 0 saturated carbocycles. The summed E-state index contributed by atoms with van der Waals surface area (Å²) in [6, 6.07) is 0.237. The maximum Gasteiger partial charge on any atom is 0.232 e. The number of hydrogen-bond acceptors (Lipinski definition) is 3. The van der Waals surface area contributed by atoms with Crippen LogP contribution in [0.2, 0.25) is 0 Å². The minimum Gasteiger partial charge on any atom is -0.373 e. The highest BCUT2D eigenvalue weighted by atomic mass is 32.1. The molecule has 4 atom stereocenters. The molecule has 0 radical (unpaired) electrons. The maximum absolute atomic E-state index is 11.3. The van der Waals surface area contributed by atoms with Crippen LogP contribution in [0.5, 0.6) is 0 Å². The first-order chi connectivity index (χ1) is 6.16. The molecule has 2 bridgehead atoms. The fourth-order valence-corrected chi connectivity index (χ4v) is 2.17. The van der Waals surface area contributed by atoms with Gasteiger partial charge in [0.25, 0.3) is 0 Å². The highest BCUT2D eigenvalue weighted by Crippen LogP contribution is 2.34. The van der Waals surface area contributed by atoms with Gasteiger partial charge in [0.05, 0.1) is 23.5 Å². The Labute approximate surface area is 83.6 Å². The monoisotopic (exact) mass is 201 g/mol. The van der Waals surface area contributed by atoms with E-state index in [-0.39, 0.29) is 23.3 Å². The molecule has 0 aromatic rings. The van der Waals surface area contributed by atoms with E-state index in [0.717, 1.165) is 19.3 Å². The zero-order chi connectivity index (χ0) is 9.42. The molecule has 13 heavy (non-hydrogen) atoms. The molecule has 0 aromatic carbocycles. The lowest BCUT2D eigenvalue weighted by Crippen LogP contribution is -2.43. The number of amides is 1. The van der Waals surface area contributed by atoms with E-state index in [0.29, 0.717) is 6.10 Å². The number of ether oxygens (including phenoxy) is 1. The van der Waals surface area contributed by atoms with Gasteiger partial charge in [-0.3, -0.25) is 4.79 Å². The molecule has 74 valence electrons. The number of thiol groups is 1. The normalized spacial score (nSPS) is 39.1. The third-order valence-corrected chi connectivity index (χ3v) is 3.05. The predicted molar refractivity (Wildman–Crippen MR) is 52.9 cm³/mol. The molecular formula is C9H15NO2S. The van der Waals surface area contributed by atoms with Crippen molar-refractivity contribution in [2.45, 2.75) is 49.7 Å². The lowest BCUT2D eigenvalue weighted by Gasteiger charge is -2.20. The molecule has 2 aliphatic rings. The molecule has 3 nitrogen and oxygen atoms in total. The maximum atomic E-state index is 11.3. The van der Waals surface area contributed by atoms with Crippen molar-refractivity contribution in [1.29, 1.82) is 0 Å². The van der Waals surface area contributed by atoms with E-state index in [1.165, 1.54) is 0 Å². The Bertz CT molecular complexity index is 220. The zero-order valence-electron chi connectivity index (χ0n) is 7.69. The van der Waals surface area contributed by atoms with Crippen molar-refractivity contribution in [2.75, 3.05) is 0 Å². The largest absolute Gasteiger partial charge is 0.373 e. The SMILES string of the molecule is CC(S)C(=O)NC1CC2CCC1O2. The lowest BCUT2D eigenvalue weighted by molar-refractivity contribution is -0.121. The molecule has 1 amide bonds. The van der Waals surface area contributed by atoms with Crippen LogP contribution >= 0.6 is 12.6 Å². The first-order valence-corrected chi connectivity index (χ1v) is 5.32. The summed E-state index contributed by atoms with van der Waals surface area (Å²) >= 11 is 4.08. The summed E-state index contributed by atoms with van der Waals surface area (Å²) in [7, 11) is 0. The average Bonchev–Trinajstić information content (AvgIpc) is 2.64. The fourth-order valence-electron chi connectivity index (χ4n) is 2.09. The summed E-state index contributed by atoms with van der Waals surface area (Å²) in [6.07, 6.45) is 3.90. The molecular weight excluding hydrogens is 186 g/mol. The van der Waals surface area contributed by atoms with Gasteiger partial charge in [0.2, 0.25) is 5.91 Å². The highest BCUT2D eigenvalue weighted by Gasteiger charge is 2.41. The minimum absolute atomic E-state index is 0.0180. The van der Waals surface area contributed by atoms with E-state index >= 15 is 0 Å². The van der Waals surface area contributed by atoms with Crippen LogP contribution in [0, 0.1) is 0 Å². The van der Waals surface area contributed by atoms with Crippen LogP contribution in [0.25, 0.3) is 0 Å². The highest BCUT2D eigenvalue weighted by molar-refractivity contribution is 7.81. The Morgan fingerprint density at radius 3 is 2.85 bits per heavy atom. The first kappa shape index (κ1) is 9.34. The average molecular weight is 201 g/mol. The number of nitrogens with one attached hydrogen (secondary N) is 1. The van der Waals surface area contributed by atoms with E-state index in [1.54, 1.807) is 6.92 Å². The molecule has 2 saturated heterocycles. The van der Waals surface area contributed by atoms with Crippen LogP contribution in [-0.4, -0.2) is 29.4 Å². The molecule has 0 aromatic heterocycles. The molecule has 2 heterocycles. The number of carbonyl (C=O) groups is 1. The summed E-state index contributed by atoms with van der Waals surface area (Å²) in [5.41, 5.74) is 0. The molecule has 1 N–H and O–H groups in total. The van der Waals surface area contributed by atoms with Gasteiger partial charge >= 0.3 is 0 Å². The number of carbonyl (C=O) groups excluding carboxylic acids is 1. The molecule has 4 heteroatoms. The Balaban J connectivity index is 1.86. The quantitative estimate of drug-likeness (QED) is 0.647. The van der Waals surface area contributed by atoms with Gasteiger partial charge in [0.1, 0.15) is 0 Å². The van der Waals surface area contributed by atoms with Gasteiger partial charge in [-0.25, -0.2) is 0 Å². The fraction of sp³-hybridized carbons (Fsp3) is 0.889. The second-order valence-electron chi connectivity index (χ2n) is 3.90. The van der Waals surface area contributed by atoms with E-state index < -0.39 is 0 Å². The molecule has 4 unspecified atom stereocenters. The van der Waals surface area contributed by atoms with E-state index in [1.807, 2.05) is 0 Å². The van der Waals surface area contributed by atoms with Crippen LogP contribution in [0.3, 0.4) is 0 Å². The predicted octanol–water partition coefficient (Wildman–Crippen LogP) is 0.741. The number of rotatable bonds is 2. The minimum atomic E-state index is -0.223.